The number of carbonyl (C=O) groups excluding carboxylic acids is 1. The molecule has 1 aromatic carbocycles. The van der Waals surface area contributed by atoms with Crippen molar-refractivity contribution in [3.05, 3.63) is 73.8 Å². The van der Waals surface area contributed by atoms with E-state index < -0.39 is 16.6 Å². The van der Waals surface area contributed by atoms with Crippen LogP contribution in [0.4, 0.5) is 10.5 Å². The number of nitrogens with zero attached hydrogens (tertiary/aromatic N) is 2. The minimum absolute atomic E-state index is 0.108. The third-order valence-corrected chi connectivity index (χ3v) is 4.56. The SMILES string of the molecule is CNC(=O)NC1=C(n2ccccc2=O)c2c(ccc([N+](=O)[O-])c2C)OC1(C)C. The smallest absolute Gasteiger partial charge is 0.318 e. The molecule has 2 N–H and O–H groups in total. The van der Waals surface area contributed by atoms with Gasteiger partial charge in [0.25, 0.3) is 11.2 Å². The van der Waals surface area contributed by atoms with Crippen LogP contribution in [0.1, 0.15) is 25.0 Å². The van der Waals surface area contributed by atoms with Crippen LogP contribution >= 0.6 is 0 Å². The van der Waals surface area contributed by atoms with Crippen molar-refractivity contribution in [2.75, 3.05) is 7.05 Å². The van der Waals surface area contributed by atoms with E-state index >= 15 is 0 Å². The minimum atomic E-state index is -1.01. The second-order valence-electron chi connectivity index (χ2n) is 6.79. The number of pyridine rings is 1. The molecule has 0 saturated heterocycles. The van der Waals surface area contributed by atoms with Gasteiger partial charge in [0.05, 0.1) is 21.9 Å². The third kappa shape index (κ3) is 3.11. The average Bonchev–Trinajstić information content (AvgIpc) is 2.62. The number of rotatable bonds is 3. The summed E-state index contributed by atoms with van der Waals surface area (Å²) in [5.41, 5.74) is -0.0932. The topological polar surface area (TPSA) is 116 Å². The standard InChI is InChI=1S/C19H20N4O5/c1-11-12(23(26)27)8-9-13-15(11)16(22-10-6-5-7-14(22)24)17(19(2,3)28-13)21-18(25)20-4/h5-10H,1-4H3,(H2,20,21,25). The molecule has 2 heterocycles. The fraction of sp³-hybridized carbons (Fsp3) is 0.263. The van der Waals surface area contributed by atoms with Crippen molar-refractivity contribution >= 4 is 17.4 Å². The van der Waals surface area contributed by atoms with Gasteiger partial charge in [-0.1, -0.05) is 6.07 Å². The molecule has 28 heavy (non-hydrogen) atoms. The molecule has 9 nitrogen and oxygen atoms in total. The lowest BCUT2D eigenvalue weighted by atomic mass is 9.91. The summed E-state index contributed by atoms with van der Waals surface area (Å²) < 4.78 is 7.40. The largest absolute Gasteiger partial charge is 0.481 e. The zero-order valence-electron chi connectivity index (χ0n) is 15.9. The Morgan fingerprint density at radius 2 is 1.96 bits per heavy atom. The Labute approximate surface area is 160 Å². The Kier molecular flexibility index (Phi) is 4.68. The molecular weight excluding hydrogens is 364 g/mol. The lowest BCUT2D eigenvalue weighted by Gasteiger charge is -2.37. The number of amides is 2. The number of hydrogen-bond donors (Lipinski definition) is 2. The molecule has 0 unspecified atom stereocenters. The van der Waals surface area contributed by atoms with Crippen LogP contribution in [0, 0.1) is 17.0 Å². The maximum atomic E-state index is 12.6. The van der Waals surface area contributed by atoms with Gasteiger partial charge in [0.1, 0.15) is 11.4 Å². The number of hydrogen-bond acceptors (Lipinski definition) is 5. The van der Waals surface area contributed by atoms with Crippen LogP contribution in [0.15, 0.2) is 47.0 Å². The van der Waals surface area contributed by atoms with Gasteiger partial charge >= 0.3 is 6.03 Å². The van der Waals surface area contributed by atoms with Crippen LogP contribution in [0.2, 0.25) is 0 Å². The van der Waals surface area contributed by atoms with Crippen LogP contribution < -0.4 is 20.9 Å². The van der Waals surface area contributed by atoms with Gasteiger partial charge in [-0.05, 0) is 32.9 Å². The Balaban J connectivity index is 2.45. The van der Waals surface area contributed by atoms with Gasteiger partial charge in [-0.15, -0.1) is 0 Å². The predicted octanol–water partition coefficient (Wildman–Crippen LogP) is 2.38. The van der Waals surface area contributed by atoms with E-state index in [0.29, 0.717) is 28.3 Å². The van der Waals surface area contributed by atoms with E-state index in [1.165, 1.54) is 29.8 Å². The molecule has 0 atom stereocenters. The summed E-state index contributed by atoms with van der Waals surface area (Å²) in [6.07, 6.45) is 1.55. The van der Waals surface area contributed by atoms with Crippen molar-refractivity contribution in [1.82, 2.24) is 15.2 Å². The summed E-state index contributed by atoms with van der Waals surface area (Å²) in [6.45, 7) is 5.07. The fourth-order valence-corrected chi connectivity index (χ4v) is 3.23. The van der Waals surface area contributed by atoms with Crippen molar-refractivity contribution in [3.8, 4) is 5.75 Å². The van der Waals surface area contributed by atoms with Crippen LogP contribution in [-0.2, 0) is 0 Å². The molecule has 2 aromatic rings. The number of nitro benzene ring substituents is 1. The number of ether oxygens (including phenoxy) is 1. The molecule has 9 heteroatoms. The lowest BCUT2D eigenvalue weighted by Crippen LogP contribution is -2.47. The summed E-state index contributed by atoms with van der Waals surface area (Å²) in [7, 11) is 1.46. The molecule has 2 amide bonds. The van der Waals surface area contributed by atoms with Crippen LogP contribution in [0.3, 0.4) is 0 Å². The molecule has 0 saturated carbocycles. The zero-order chi connectivity index (χ0) is 20.6. The molecule has 146 valence electrons. The highest BCUT2D eigenvalue weighted by Gasteiger charge is 2.39. The van der Waals surface area contributed by atoms with Crippen LogP contribution in [-0.4, -0.2) is 28.2 Å². The summed E-state index contributed by atoms with van der Waals surface area (Å²) in [5.74, 6) is 0.390. The Bertz CT molecular complexity index is 1070. The second-order valence-corrected chi connectivity index (χ2v) is 6.79. The number of benzene rings is 1. The maximum Gasteiger partial charge on any atom is 0.318 e. The number of carbonyl (C=O) groups is 1. The minimum Gasteiger partial charge on any atom is -0.481 e. The highest BCUT2D eigenvalue weighted by Crippen LogP contribution is 2.44. The van der Waals surface area contributed by atoms with Crippen LogP contribution in [0.5, 0.6) is 5.75 Å². The molecule has 1 aliphatic rings. The van der Waals surface area contributed by atoms with Gasteiger partial charge in [-0.25, -0.2) is 4.79 Å². The van der Waals surface area contributed by atoms with Crippen molar-refractivity contribution < 1.29 is 14.5 Å². The van der Waals surface area contributed by atoms with E-state index in [-0.39, 0.29) is 11.2 Å². The molecule has 3 rings (SSSR count). The predicted molar refractivity (Wildman–Crippen MR) is 103 cm³/mol. The number of nitro groups is 1. The van der Waals surface area contributed by atoms with E-state index in [9.17, 15) is 19.7 Å². The second kappa shape index (κ2) is 6.84. The van der Waals surface area contributed by atoms with Crippen molar-refractivity contribution in [2.45, 2.75) is 26.4 Å². The molecule has 1 aliphatic heterocycles. The van der Waals surface area contributed by atoms with Crippen molar-refractivity contribution in [3.63, 3.8) is 0 Å². The third-order valence-electron chi connectivity index (χ3n) is 4.56. The van der Waals surface area contributed by atoms with Crippen LogP contribution in [0.25, 0.3) is 5.70 Å². The zero-order valence-corrected chi connectivity index (χ0v) is 15.9. The van der Waals surface area contributed by atoms with Gasteiger partial charge in [0, 0.05) is 30.9 Å². The summed E-state index contributed by atoms with van der Waals surface area (Å²) >= 11 is 0. The monoisotopic (exact) mass is 384 g/mol. The Morgan fingerprint density at radius 1 is 1.25 bits per heavy atom. The van der Waals surface area contributed by atoms with Gasteiger partial charge in [-0.3, -0.25) is 19.5 Å². The highest BCUT2D eigenvalue weighted by atomic mass is 16.6. The number of urea groups is 1. The molecule has 0 radical (unpaired) electrons. The number of aromatic nitrogens is 1. The van der Waals surface area contributed by atoms with Gasteiger partial charge in [0.15, 0.2) is 0 Å². The van der Waals surface area contributed by atoms with Gasteiger partial charge in [0.2, 0.25) is 0 Å². The normalized spacial score (nSPS) is 14.7. The first-order valence-electron chi connectivity index (χ1n) is 8.56. The highest BCUT2D eigenvalue weighted by molar-refractivity contribution is 5.85. The first-order valence-corrected chi connectivity index (χ1v) is 8.56. The molecule has 1 aromatic heterocycles. The van der Waals surface area contributed by atoms with Crippen molar-refractivity contribution in [2.24, 2.45) is 0 Å². The van der Waals surface area contributed by atoms with E-state index in [4.69, 9.17) is 4.74 Å². The van der Waals surface area contributed by atoms with Gasteiger partial charge in [-0.2, -0.15) is 0 Å². The summed E-state index contributed by atoms with van der Waals surface area (Å²) in [6, 6.07) is 7.01. The molecule has 0 aliphatic carbocycles. The maximum absolute atomic E-state index is 12.6. The summed E-state index contributed by atoms with van der Waals surface area (Å²) in [4.78, 5) is 35.6. The molecular formula is C19H20N4O5. The number of nitrogens with one attached hydrogen (secondary N) is 2. The van der Waals surface area contributed by atoms with E-state index in [0.717, 1.165) is 0 Å². The average molecular weight is 384 g/mol. The summed E-state index contributed by atoms with van der Waals surface area (Å²) in [5, 5.41) is 16.6. The van der Waals surface area contributed by atoms with E-state index in [1.54, 1.807) is 39.1 Å². The molecule has 0 spiro atoms. The van der Waals surface area contributed by atoms with E-state index in [2.05, 4.69) is 10.6 Å². The fourth-order valence-electron chi connectivity index (χ4n) is 3.23. The van der Waals surface area contributed by atoms with Crippen molar-refractivity contribution in [1.29, 1.82) is 0 Å². The lowest BCUT2D eigenvalue weighted by molar-refractivity contribution is -0.385. The first kappa shape index (κ1) is 19.2. The number of fused-ring (bicyclic) bond motifs is 1. The van der Waals surface area contributed by atoms with E-state index in [1.807, 2.05) is 0 Å². The Hall–Kier alpha value is -3.62. The first-order chi connectivity index (χ1) is 13.2. The quantitative estimate of drug-likeness (QED) is 0.623. The Morgan fingerprint density at radius 3 is 2.57 bits per heavy atom. The molecule has 0 fully saturated rings. The van der Waals surface area contributed by atoms with Gasteiger partial charge < -0.3 is 15.4 Å². The molecule has 0 bridgehead atoms.